The van der Waals surface area contributed by atoms with Gasteiger partial charge in [-0.25, -0.2) is 9.97 Å². The van der Waals surface area contributed by atoms with Crippen molar-refractivity contribution in [3.05, 3.63) is 29.2 Å². The van der Waals surface area contributed by atoms with Gasteiger partial charge in [0.2, 0.25) is 0 Å². The summed E-state index contributed by atoms with van der Waals surface area (Å²) < 4.78 is 0. The second-order valence-electron chi connectivity index (χ2n) is 6.15. The Balaban J connectivity index is 2.06. The first-order valence-corrected chi connectivity index (χ1v) is 7.59. The van der Waals surface area contributed by atoms with Crippen LogP contribution in [0.3, 0.4) is 0 Å². The Morgan fingerprint density at radius 1 is 1.36 bits per heavy atom. The van der Waals surface area contributed by atoms with Crippen molar-refractivity contribution in [3.8, 4) is 6.07 Å². The molecule has 22 heavy (non-hydrogen) atoms. The monoisotopic (exact) mass is 316 g/mol. The van der Waals surface area contributed by atoms with Crippen LogP contribution in [0.5, 0.6) is 0 Å². The molecule has 1 N–H and O–H groups in total. The van der Waals surface area contributed by atoms with E-state index in [4.69, 9.17) is 11.6 Å². The summed E-state index contributed by atoms with van der Waals surface area (Å²) in [6, 6.07) is 4.06. The van der Waals surface area contributed by atoms with Crippen molar-refractivity contribution in [2.45, 2.75) is 19.8 Å². The zero-order chi connectivity index (χ0) is 15.9. The van der Waals surface area contributed by atoms with Crippen LogP contribution in [0.4, 0.5) is 5.82 Å². The summed E-state index contributed by atoms with van der Waals surface area (Å²) >= 11 is 6.04. The Hall–Kier alpha value is -1.90. The van der Waals surface area contributed by atoms with Gasteiger partial charge in [0.25, 0.3) is 0 Å². The number of nitriles is 1. The number of nitrogens with zero attached hydrogens (tertiary/aromatic N) is 4. The molecule has 0 unspecified atom stereocenters. The first kappa shape index (κ1) is 15.0. The highest BCUT2D eigenvalue weighted by atomic mass is 35.5. The van der Waals surface area contributed by atoms with Gasteiger partial charge in [-0.1, -0.05) is 25.4 Å². The molecule has 1 saturated heterocycles. The average molecular weight is 317 g/mol. The first-order chi connectivity index (χ1) is 10.5. The van der Waals surface area contributed by atoms with Crippen molar-refractivity contribution in [2.24, 2.45) is 5.41 Å². The number of fused-ring (bicyclic) bond motifs is 1. The summed E-state index contributed by atoms with van der Waals surface area (Å²) in [4.78, 5) is 10.7. The lowest BCUT2D eigenvalue weighted by molar-refractivity contribution is 0.144. The SMILES string of the molecule is CC(C)c1cnc(N2CC(C#N)(CO)C2)c2cnc(Cl)cc12. The lowest BCUT2D eigenvalue weighted by Crippen LogP contribution is -2.58. The van der Waals surface area contributed by atoms with Crippen LogP contribution in [0.1, 0.15) is 25.3 Å². The van der Waals surface area contributed by atoms with Gasteiger partial charge in [-0.05, 0) is 22.9 Å². The number of halogens is 1. The van der Waals surface area contributed by atoms with Crippen LogP contribution >= 0.6 is 11.6 Å². The third-order valence-electron chi connectivity index (χ3n) is 4.20. The summed E-state index contributed by atoms with van der Waals surface area (Å²) in [5.74, 6) is 1.12. The van der Waals surface area contributed by atoms with Crippen molar-refractivity contribution in [2.75, 3.05) is 24.6 Å². The van der Waals surface area contributed by atoms with Gasteiger partial charge in [0, 0.05) is 30.9 Å². The third-order valence-corrected chi connectivity index (χ3v) is 4.40. The van der Waals surface area contributed by atoms with Crippen LogP contribution < -0.4 is 4.90 Å². The van der Waals surface area contributed by atoms with Gasteiger partial charge in [-0.3, -0.25) is 0 Å². The fourth-order valence-corrected chi connectivity index (χ4v) is 3.03. The normalized spacial score (nSPS) is 16.6. The number of anilines is 1. The smallest absolute Gasteiger partial charge is 0.138 e. The van der Waals surface area contributed by atoms with E-state index in [0.717, 1.165) is 22.2 Å². The second kappa shape index (κ2) is 5.38. The van der Waals surface area contributed by atoms with Crippen LogP contribution in [0.25, 0.3) is 10.8 Å². The van der Waals surface area contributed by atoms with Crippen LogP contribution in [0, 0.1) is 16.7 Å². The molecule has 2 aromatic rings. The first-order valence-electron chi connectivity index (χ1n) is 7.21. The van der Waals surface area contributed by atoms with E-state index < -0.39 is 5.41 Å². The summed E-state index contributed by atoms with van der Waals surface area (Å²) in [6.45, 7) is 5.05. The van der Waals surface area contributed by atoms with E-state index in [1.165, 1.54) is 0 Å². The predicted molar refractivity (Wildman–Crippen MR) is 86.0 cm³/mol. The molecule has 1 aliphatic heterocycles. The standard InChI is InChI=1S/C16H17ClN4O/c1-10(2)12-4-20-15(13-5-19-14(17)3-11(12)13)21-7-16(6-18,8-21)9-22/h3-5,10,22H,7-9H2,1-2H3. The number of rotatable bonds is 3. The predicted octanol–water partition coefficient (Wildman–Crippen LogP) is 2.73. The quantitative estimate of drug-likeness (QED) is 0.881. The van der Waals surface area contributed by atoms with E-state index in [-0.39, 0.29) is 6.61 Å². The van der Waals surface area contributed by atoms with Crippen LogP contribution in [-0.2, 0) is 0 Å². The van der Waals surface area contributed by atoms with Crippen molar-refractivity contribution in [1.82, 2.24) is 9.97 Å². The zero-order valence-corrected chi connectivity index (χ0v) is 13.3. The molecule has 6 heteroatoms. The van der Waals surface area contributed by atoms with E-state index in [9.17, 15) is 10.4 Å². The molecule has 0 saturated carbocycles. The highest BCUT2D eigenvalue weighted by Gasteiger charge is 2.44. The molecule has 0 radical (unpaired) electrons. The van der Waals surface area contributed by atoms with Crippen molar-refractivity contribution >= 4 is 28.2 Å². The molecule has 0 amide bonds. The lowest BCUT2D eigenvalue weighted by Gasteiger charge is -2.45. The third kappa shape index (κ3) is 2.29. The zero-order valence-electron chi connectivity index (χ0n) is 12.5. The topological polar surface area (TPSA) is 73.0 Å². The molecule has 0 bridgehead atoms. The molecule has 114 valence electrons. The van der Waals surface area contributed by atoms with E-state index in [1.807, 2.05) is 17.2 Å². The number of hydrogen-bond donors (Lipinski definition) is 1. The van der Waals surface area contributed by atoms with Gasteiger partial charge in [0.1, 0.15) is 16.4 Å². The van der Waals surface area contributed by atoms with E-state index in [1.54, 1.807) is 6.20 Å². The molecule has 1 aliphatic rings. The summed E-state index contributed by atoms with van der Waals surface area (Å²) in [5, 5.41) is 21.0. The number of pyridine rings is 2. The average Bonchev–Trinajstić information content (AvgIpc) is 2.46. The molecular weight excluding hydrogens is 300 g/mol. The molecule has 3 rings (SSSR count). The molecule has 5 nitrogen and oxygen atoms in total. The van der Waals surface area contributed by atoms with Gasteiger partial charge in [0.05, 0.1) is 12.7 Å². The molecule has 0 spiro atoms. The van der Waals surface area contributed by atoms with E-state index in [0.29, 0.717) is 24.2 Å². The molecule has 3 heterocycles. The molecule has 0 atom stereocenters. The maximum atomic E-state index is 9.37. The van der Waals surface area contributed by atoms with Crippen LogP contribution in [-0.4, -0.2) is 34.8 Å². The second-order valence-corrected chi connectivity index (χ2v) is 6.54. The Morgan fingerprint density at radius 2 is 2.09 bits per heavy atom. The minimum atomic E-state index is -0.676. The highest BCUT2D eigenvalue weighted by molar-refractivity contribution is 6.30. The summed E-state index contributed by atoms with van der Waals surface area (Å²) in [6.07, 6.45) is 3.60. The number of hydrogen-bond acceptors (Lipinski definition) is 5. The number of aliphatic hydroxyl groups is 1. The summed E-state index contributed by atoms with van der Waals surface area (Å²) in [5.41, 5.74) is 0.446. The maximum Gasteiger partial charge on any atom is 0.138 e. The molecular formula is C16H17ClN4O. The number of aromatic nitrogens is 2. The van der Waals surface area contributed by atoms with Crippen LogP contribution in [0.15, 0.2) is 18.5 Å². The van der Waals surface area contributed by atoms with Gasteiger partial charge in [0.15, 0.2) is 0 Å². The van der Waals surface area contributed by atoms with E-state index >= 15 is 0 Å². The summed E-state index contributed by atoms with van der Waals surface area (Å²) in [7, 11) is 0. The van der Waals surface area contributed by atoms with Gasteiger partial charge in [-0.2, -0.15) is 5.26 Å². The van der Waals surface area contributed by atoms with Gasteiger partial charge in [-0.15, -0.1) is 0 Å². The fourth-order valence-electron chi connectivity index (χ4n) is 2.87. The maximum absolute atomic E-state index is 9.37. The number of aliphatic hydroxyl groups excluding tert-OH is 1. The van der Waals surface area contributed by atoms with Crippen molar-refractivity contribution in [3.63, 3.8) is 0 Å². The Labute approximate surface area is 134 Å². The van der Waals surface area contributed by atoms with Crippen LogP contribution in [0.2, 0.25) is 5.15 Å². The Bertz CT molecular complexity index is 763. The Morgan fingerprint density at radius 3 is 2.68 bits per heavy atom. The largest absolute Gasteiger partial charge is 0.395 e. The minimum Gasteiger partial charge on any atom is -0.395 e. The lowest BCUT2D eigenvalue weighted by atomic mass is 9.82. The molecule has 0 aliphatic carbocycles. The molecule has 1 fully saturated rings. The Kier molecular flexibility index (Phi) is 3.67. The minimum absolute atomic E-state index is 0.133. The van der Waals surface area contributed by atoms with Gasteiger partial charge < -0.3 is 10.0 Å². The van der Waals surface area contributed by atoms with Crippen molar-refractivity contribution < 1.29 is 5.11 Å². The van der Waals surface area contributed by atoms with Crippen molar-refractivity contribution in [1.29, 1.82) is 5.26 Å². The molecule has 0 aromatic carbocycles. The molecule has 2 aromatic heterocycles. The van der Waals surface area contributed by atoms with Gasteiger partial charge >= 0.3 is 0 Å². The highest BCUT2D eigenvalue weighted by Crippen LogP contribution is 2.38. The van der Waals surface area contributed by atoms with E-state index in [2.05, 4.69) is 29.9 Å². The fraction of sp³-hybridized carbons (Fsp3) is 0.438.